The molecule has 160 valence electrons. The maximum Gasteiger partial charge on any atom is 0.259 e. The molecular weight excluding hydrogens is 398 g/mol. The van der Waals surface area contributed by atoms with Crippen LogP contribution >= 0.6 is 0 Å². The molecule has 0 amide bonds. The average Bonchev–Trinajstić information content (AvgIpc) is 3.47. The van der Waals surface area contributed by atoms with E-state index >= 15 is 0 Å². The van der Waals surface area contributed by atoms with Gasteiger partial charge in [0.1, 0.15) is 0 Å². The standard InChI is InChI=1S/C26H25N5O/c1-17-3-7-22(8-4-17)24-23(21-9-5-19(13-27)6-10-21)30-26(25-29-18(2)15-31(24)25)32-16-20-11-12-28-14-20/h3-10,15,20,28H,11-12,14,16H2,1-2H3/t20-/m1/s1. The lowest BCUT2D eigenvalue weighted by molar-refractivity contribution is 0.253. The Morgan fingerprint density at radius 3 is 2.50 bits per heavy atom. The third-order valence-corrected chi connectivity index (χ3v) is 5.93. The van der Waals surface area contributed by atoms with Crippen LogP contribution in [0.5, 0.6) is 5.88 Å². The van der Waals surface area contributed by atoms with Crippen LogP contribution in [0, 0.1) is 31.1 Å². The fourth-order valence-electron chi connectivity index (χ4n) is 4.18. The van der Waals surface area contributed by atoms with E-state index in [2.05, 4.69) is 47.0 Å². The van der Waals surface area contributed by atoms with E-state index in [9.17, 15) is 5.26 Å². The summed E-state index contributed by atoms with van der Waals surface area (Å²) >= 11 is 0. The third kappa shape index (κ3) is 3.83. The van der Waals surface area contributed by atoms with Gasteiger partial charge in [-0.15, -0.1) is 0 Å². The van der Waals surface area contributed by atoms with Crippen molar-refractivity contribution in [2.45, 2.75) is 20.3 Å². The van der Waals surface area contributed by atoms with E-state index in [4.69, 9.17) is 14.7 Å². The molecule has 5 rings (SSSR count). The first-order valence-electron chi connectivity index (χ1n) is 10.9. The molecule has 3 heterocycles. The van der Waals surface area contributed by atoms with Crippen LogP contribution in [0.3, 0.4) is 0 Å². The fourth-order valence-corrected chi connectivity index (χ4v) is 4.18. The van der Waals surface area contributed by atoms with Crippen molar-refractivity contribution in [1.82, 2.24) is 19.7 Å². The molecule has 1 N–H and O–H groups in total. The van der Waals surface area contributed by atoms with Gasteiger partial charge in [0.2, 0.25) is 5.65 Å². The second kappa shape index (κ2) is 8.45. The first-order chi connectivity index (χ1) is 15.6. The molecule has 1 aliphatic heterocycles. The minimum Gasteiger partial charge on any atom is -0.475 e. The smallest absolute Gasteiger partial charge is 0.259 e. The van der Waals surface area contributed by atoms with Crippen LogP contribution < -0.4 is 10.1 Å². The summed E-state index contributed by atoms with van der Waals surface area (Å²) in [7, 11) is 0. The van der Waals surface area contributed by atoms with Gasteiger partial charge < -0.3 is 10.1 Å². The summed E-state index contributed by atoms with van der Waals surface area (Å²) in [5, 5.41) is 12.6. The minimum atomic E-state index is 0.475. The van der Waals surface area contributed by atoms with Crippen LogP contribution in [0.25, 0.3) is 28.2 Å². The van der Waals surface area contributed by atoms with E-state index in [-0.39, 0.29) is 0 Å². The van der Waals surface area contributed by atoms with E-state index in [0.29, 0.717) is 24.0 Å². The topological polar surface area (TPSA) is 75.2 Å². The van der Waals surface area contributed by atoms with Crippen LogP contribution in [0.2, 0.25) is 0 Å². The van der Waals surface area contributed by atoms with Crippen molar-refractivity contribution in [2.75, 3.05) is 19.7 Å². The molecule has 0 unspecified atom stereocenters. The van der Waals surface area contributed by atoms with Gasteiger partial charge in [0, 0.05) is 29.8 Å². The molecule has 0 saturated carbocycles. The maximum absolute atomic E-state index is 9.22. The van der Waals surface area contributed by atoms with Gasteiger partial charge in [0.15, 0.2) is 0 Å². The van der Waals surface area contributed by atoms with Crippen molar-refractivity contribution in [3.63, 3.8) is 0 Å². The molecule has 1 aliphatic rings. The molecule has 0 aliphatic carbocycles. The molecule has 6 nitrogen and oxygen atoms in total. The van der Waals surface area contributed by atoms with Crippen molar-refractivity contribution in [2.24, 2.45) is 5.92 Å². The number of hydrogen-bond donors (Lipinski definition) is 1. The van der Waals surface area contributed by atoms with E-state index in [1.54, 1.807) is 0 Å². The van der Waals surface area contributed by atoms with Gasteiger partial charge in [-0.3, -0.25) is 4.40 Å². The van der Waals surface area contributed by atoms with Gasteiger partial charge in [-0.05, 0) is 38.9 Å². The Kier molecular flexibility index (Phi) is 5.34. The highest BCUT2D eigenvalue weighted by Crippen LogP contribution is 2.35. The summed E-state index contributed by atoms with van der Waals surface area (Å²) in [5.74, 6) is 1.02. The van der Waals surface area contributed by atoms with Crippen molar-refractivity contribution < 1.29 is 4.74 Å². The second-order valence-electron chi connectivity index (χ2n) is 8.42. The second-order valence-corrected chi connectivity index (χ2v) is 8.42. The van der Waals surface area contributed by atoms with Crippen LogP contribution in [-0.4, -0.2) is 34.1 Å². The summed E-state index contributed by atoms with van der Waals surface area (Å²) in [6.45, 7) is 6.67. The molecule has 2 aromatic heterocycles. The third-order valence-electron chi connectivity index (χ3n) is 5.93. The normalized spacial score (nSPS) is 15.7. The van der Waals surface area contributed by atoms with Gasteiger partial charge in [0.25, 0.3) is 5.88 Å². The quantitative estimate of drug-likeness (QED) is 0.510. The molecule has 0 spiro atoms. The predicted molar refractivity (Wildman–Crippen MR) is 125 cm³/mol. The highest BCUT2D eigenvalue weighted by Gasteiger charge is 2.22. The van der Waals surface area contributed by atoms with E-state index in [1.807, 2.05) is 37.4 Å². The molecule has 32 heavy (non-hydrogen) atoms. The first-order valence-corrected chi connectivity index (χ1v) is 10.9. The van der Waals surface area contributed by atoms with Crippen molar-refractivity contribution >= 4 is 5.65 Å². The number of nitrogens with one attached hydrogen (secondary N) is 1. The van der Waals surface area contributed by atoms with Gasteiger partial charge >= 0.3 is 0 Å². The predicted octanol–water partition coefficient (Wildman–Crippen LogP) is 4.54. The Labute approximate surface area is 187 Å². The number of rotatable bonds is 5. The molecule has 1 atom stereocenters. The molecular formula is C26H25N5O. The van der Waals surface area contributed by atoms with Gasteiger partial charge in [-0.2, -0.15) is 5.26 Å². The zero-order valence-electron chi connectivity index (χ0n) is 18.3. The van der Waals surface area contributed by atoms with Gasteiger partial charge in [-0.1, -0.05) is 42.0 Å². The summed E-state index contributed by atoms with van der Waals surface area (Å²) in [5.41, 5.74) is 7.20. The van der Waals surface area contributed by atoms with Crippen molar-refractivity contribution in [1.29, 1.82) is 5.26 Å². The molecule has 1 fully saturated rings. The summed E-state index contributed by atoms with van der Waals surface area (Å²) < 4.78 is 8.33. The lowest BCUT2D eigenvalue weighted by Crippen LogP contribution is -2.16. The number of benzene rings is 2. The zero-order valence-corrected chi connectivity index (χ0v) is 18.3. The molecule has 6 heteroatoms. The molecule has 4 aromatic rings. The van der Waals surface area contributed by atoms with Gasteiger partial charge in [-0.25, -0.2) is 9.97 Å². The number of aryl methyl sites for hydroxylation is 2. The number of aromatic nitrogens is 3. The lowest BCUT2D eigenvalue weighted by atomic mass is 10.0. The molecule has 1 saturated heterocycles. The molecule has 0 bridgehead atoms. The fraction of sp³-hybridized carbons (Fsp3) is 0.269. The zero-order chi connectivity index (χ0) is 22.1. The Morgan fingerprint density at radius 2 is 1.81 bits per heavy atom. The highest BCUT2D eigenvalue weighted by atomic mass is 16.5. The number of nitrogens with zero attached hydrogens (tertiary/aromatic N) is 4. The summed E-state index contributed by atoms with van der Waals surface area (Å²) in [6, 6.07) is 18.1. The van der Waals surface area contributed by atoms with E-state index in [1.165, 1.54) is 5.56 Å². The van der Waals surface area contributed by atoms with Crippen LogP contribution in [0.1, 0.15) is 23.2 Å². The SMILES string of the molecule is Cc1ccc(-c2c(-c3ccc(C#N)cc3)nc(OC[C@@H]3CCNC3)c3nc(C)cn23)cc1. The highest BCUT2D eigenvalue weighted by molar-refractivity contribution is 5.81. The van der Waals surface area contributed by atoms with Crippen LogP contribution in [0.4, 0.5) is 0 Å². The first kappa shape index (κ1) is 20.2. The van der Waals surface area contributed by atoms with Gasteiger partial charge in [0.05, 0.1) is 35.3 Å². The largest absolute Gasteiger partial charge is 0.475 e. The number of nitriles is 1. The molecule has 0 radical (unpaired) electrons. The lowest BCUT2D eigenvalue weighted by Gasteiger charge is -2.17. The average molecular weight is 424 g/mol. The van der Waals surface area contributed by atoms with Crippen molar-refractivity contribution in [3.8, 4) is 34.5 Å². The maximum atomic E-state index is 9.22. The summed E-state index contributed by atoms with van der Waals surface area (Å²) in [6.07, 6.45) is 3.14. The van der Waals surface area contributed by atoms with E-state index in [0.717, 1.165) is 53.4 Å². The number of imidazole rings is 1. The number of ether oxygens (including phenoxy) is 1. The van der Waals surface area contributed by atoms with Crippen molar-refractivity contribution in [3.05, 3.63) is 71.5 Å². The van der Waals surface area contributed by atoms with Crippen LogP contribution in [0.15, 0.2) is 54.7 Å². The summed E-state index contributed by atoms with van der Waals surface area (Å²) in [4.78, 5) is 9.73. The van der Waals surface area contributed by atoms with E-state index < -0.39 is 0 Å². The Balaban J connectivity index is 1.70. The Bertz CT molecular complexity index is 1290. The van der Waals surface area contributed by atoms with Crippen LogP contribution in [-0.2, 0) is 0 Å². The Hall–Kier alpha value is -3.69. The molecule has 2 aromatic carbocycles. The Morgan fingerprint density at radius 1 is 1.06 bits per heavy atom. The number of fused-ring (bicyclic) bond motifs is 1. The monoisotopic (exact) mass is 423 g/mol. The minimum absolute atomic E-state index is 0.475. The number of hydrogen-bond acceptors (Lipinski definition) is 5.